The molecule has 0 spiro atoms. The number of carbonyl (C=O) groups is 2. The van der Waals surface area contributed by atoms with Crippen LogP contribution in [-0.4, -0.2) is 40.8 Å². The number of rotatable bonds is 4. The maximum atomic E-state index is 12.3. The number of hydrogen-bond acceptors (Lipinski definition) is 5. The van der Waals surface area contributed by atoms with Gasteiger partial charge in [-0.05, 0) is 22.3 Å². The van der Waals surface area contributed by atoms with Gasteiger partial charge in [0.2, 0.25) is 0 Å². The van der Waals surface area contributed by atoms with Crippen LogP contribution in [0.5, 0.6) is 0 Å². The Kier molecular flexibility index (Phi) is 4.23. The fourth-order valence-corrected chi connectivity index (χ4v) is 4.52. The molecule has 1 aliphatic heterocycles. The van der Waals surface area contributed by atoms with E-state index in [0.717, 1.165) is 11.1 Å². The van der Waals surface area contributed by atoms with Gasteiger partial charge in [-0.1, -0.05) is 48.5 Å². The number of carboxylic acid groups (broad SMARTS) is 1. The standard InChI is InChI=1S/C19H17NO4S/c21-18(22)16-10-25-17(20-16)19(23)24-9-15-13-7-3-1-5-11(13)12-6-2-4-8-14(12)15/h1-8,15-17,20H,9-10H2,(H,21,22)/t16-,17+/m0/s1. The van der Waals surface area contributed by atoms with Crippen LogP contribution in [0, 0.1) is 0 Å². The van der Waals surface area contributed by atoms with Crippen LogP contribution in [0.4, 0.5) is 0 Å². The lowest BCUT2D eigenvalue weighted by atomic mass is 9.98. The molecule has 6 heteroatoms. The number of thioether (sulfide) groups is 1. The van der Waals surface area contributed by atoms with Gasteiger partial charge in [0.25, 0.3) is 0 Å². The van der Waals surface area contributed by atoms with Gasteiger partial charge in [0.05, 0.1) is 0 Å². The van der Waals surface area contributed by atoms with E-state index in [0.29, 0.717) is 5.75 Å². The number of hydrogen-bond donors (Lipinski definition) is 2. The third-order valence-electron chi connectivity index (χ3n) is 4.65. The van der Waals surface area contributed by atoms with E-state index in [-0.39, 0.29) is 12.5 Å². The highest BCUT2D eigenvalue weighted by Gasteiger charge is 2.36. The van der Waals surface area contributed by atoms with Crippen molar-refractivity contribution in [2.45, 2.75) is 17.3 Å². The average molecular weight is 355 g/mol. The summed E-state index contributed by atoms with van der Waals surface area (Å²) in [4.78, 5) is 23.3. The molecule has 0 radical (unpaired) electrons. The van der Waals surface area contributed by atoms with Crippen molar-refractivity contribution < 1.29 is 19.4 Å². The fourth-order valence-electron chi connectivity index (χ4n) is 3.43. The molecule has 25 heavy (non-hydrogen) atoms. The smallest absolute Gasteiger partial charge is 0.333 e. The van der Waals surface area contributed by atoms with E-state index >= 15 is 0 Å². The van der Waals surface area contributed by atoms with Gasteiger partial charge in [-0.3, -0.25) is 10.1 Å². The number of carbonyl (C=O) groups excluding carboxylic acids is 1. The molecule has 4 rings (SSSR count). The van der Waals surface area contributed by atoms with Crippen LogP contribution in [0.3, 0.4) is 0 Å². The first-order chi connectivity index (χ1) is 12.1. The van der Waals surface area contributed by atoms with Crippen molar-refractivity contribution in [3.05, 3.63) is 59.7 Å². The van der Waals surface area contributed by atoms with E-state index in [2.05, 4.69) is 29.6 Å². The molecule has 2 aliphatic rings. The van der Waals surface area contributed by atoms with Gasteiger partial charge in [-0.15, -0.1) is 11.8 Å². The zero-order chi connectivity index (χ0) is 17.4. The zero-order valence-electron chi connectivity index (χ0n) is 13.3. The van der Waals surface area contributed by atoms with Gasteiger partial charge in [0.1, 0.15) is 12.6 Å². The van der Waals surface area contributed by atoms with Crippen LogP contribution in [-0.2, 0) is 14.3 Å². The number of fused-ring (bicyclic) bond motifs is 3. The van der Waals surface area contributed by atoms with Crippen LogP contribution < -0.4 is 5.32 Å². The van der Waals surface area contributed by atoms with Gasteiger partial charge in [0.15, 0.2) is 5.37 Å². The quantitative estimate of drug-likeness (QED) is 0.821. The van der Waals surface area contributed by atoms with Crippen molar-refractivity contribution in [3.63, 3.8) is 0 Å². The Hall–Kier alpha value is -2.31. The molecule has 128 valence electrons. The molecule has 5 nitrogen and oxygen atoms in total. The number of nitrogens with one attached hydrogen (secondary N) is 1. The largest absolute Gasteiger partial charge is 0.480 e. The Balaban J connectivity index is 1.48. The van der Waals surface area contributed by atoms with Crippen molar-refractivity contribution in [1.29, 1.82) is 0 Å². The summed E-state index contributed by atoms with van der Waals surface area (Å²) in [6.07, 6.45) is 0. The molecule has 0 aromatic heterocycles. The van der Waals surface area contributed by atoms with Crippen molar-refractivity contribution in [1.82, 2.24) is 5.32 Å². The molecule has 1 aliphatic carbocycles. The summed E-state index contributed by atoms with van der Waals surface area (Å²) in [6.45, 7) is 0.253. The highest BCUT2D eigenvalue weighted by Crippen LogP contribution is 2.44. The summed E-state index contributed by atoms with van der Waals surface area (Å²) >= 11 is 1.27. The van der Waals surface area contributed by atoms with E-state index in [9.17, 15) is 9.59 Å². The van der Waals surface area contributed by atoms with Gasteiger partial charge in [-0.2, -0.15) is 0 Å². The lowest BCUT2D eigenvalue weighted by Gasteiger charge is -2.16. The first-order valence-electron chi connectivity index (χ1n) is 8.10. The maximum Gasteiger partial charge on any atom is 0.333 e. The first-order valence-corrected chi connectivity index (χ1v) is 9.15. The van der Waals surface area contributed by atoms with Crippen LogP contribution >= 0.6 is 11.8 Å². The Morgan fingerprint density at radius 1 is 1.08 bits per heavy atom. The summed E-state index contributed by atoms with van der Waals surface area (Å²) in [5, 5.41) is 11.2. The number of carboxylic acids is 1. The molecule has 0 unspecified atom stereocenters. The van der Waals surface area contributed by atoms with Gasteiger partial charge >= 0.3 is 11.9 Å². The summed E-state index contributed by atoms with van der Waals surface area (Å²) in [6, 6.07) is 15.6. The summed E-state index contributed by atoms with van der Waals surface area (Å²) < 4.78 is 5.54. The minimum atomic E-state index is -0.943. The molecule has 0 amide bonds. The van der Waals surface area contributed by atoms with E-state index in [1.165, 1.54) is 22.9 Å². The van der Waals surface area contributed by atoms with Crippen molar-refractivity contribution in [2.75, 3.05) is 12.4 Å². The normalized spacial score (nSPS) is 21.6. The topological polar surface area (TPSA) is 75.6 Å². The lowest BCUT2D eigenvalue weighted by Crippen LogP contribution is -2.40. The lowest BCUT2D eigenvalue weighted by molar-refractivity contribution is -0.144. The van der Waals surface area contributed by atoms with Crippen molar-refractivity contribution >= 4 is 23.7 Å². The molecule has 2 atom stereocenters. The Morgan fingerprint density at radius 3 is 2.24 bits per heavy atom. The van der Waals surface area contributed by atoms with Gasteiger partial charge < -0.3 is 9.84 Å². The summed E-state index contributed by atoms with van der Waals surface area (Å²) in [7, 11) is 0. The Labute approximate surface area is 149 Å². The SMILES string of the molecule is O=C(O)[C@@H]1CS[C@H](C(=O)OCC2c3ccccc3-c3ccccc32)N1. The van der Waals surface area contributed by atoms with Crippen molar-refractivity contribution in [3.8, 4) is 11.1 Å². The summed E-state index contributed by atoms with van der Waals surface area (Å²) in [5.41, 5.74) is 4.68. The second-order valence-electron chi connectivity index (χ2n) is 6.13. The predicted octanol–water partition coefficient (Wildman–Crippen LogP) is 2.46. The van der Waals surface area contributed by atoms with E-state index in [1.807, 2.05) is 24.3 Å². The predicted molar refractivity (Wildman–Crippen MR) is 95.5 cm³/mol. The summed E-state index contributed by atoms with van der Waals surface area (Å²) in [5.74, 6) is -0.973. The van der Waals surface area contributed by atoms with Crippen LogP contribution in [0.2, 0.25) is 0 Å². The fraction of sp³-hybridized carbons (Fsp3) is 0.263. The Morgan fingerprint density at radius 2 is 1.68 bits per heavy atom. The highest BCUT2D eigenvalue weighted by molar-refractivity contribution is 8.00. The number of ether oxygens (including phenoxy) is 1. The molecule has 2 aromatic carbocycles. The van der Waals surface area contributed by atoms with Crippen LogP contribution in [0.25, 0.3) is 11.1 Å². The third-order valence-corrected chi connectivity index (χ3v) is 5.84. The van der Waals surface area contributed by atoms with E-state index < -0.39 is 23.4 Å². The molecule has 0 saturated carbocycles. The second kappa shape index (κ2) is 6.54. The van der Waals surface area contributed by atoms with E-state index in [1.54, 1.807) is 0 Å². The van der Waals surface area contributed by atoms with Crippen molar-refractivity contribution in [2.24, 2.45) is 0 Å². The number of aliphatic carboxylic acids is 1. The zero-order valence-corrected chi connectivity index (χ0v) is 14.2. The number of benzene rings is 2. The van der Waals surface area contributed by atoms with Gasteiger partial charge in [0, 0.05) is 11.7 Å². The molecule has 1 fully saturated rings. The van der Waals surface area contributed by atoms with Crippen LogP contribution in [0.15, 0.2) is 48.5 Å². The highest BCUT2D eigenvalue weighted by atomic mass is 32.2. The van der Waals surface area contributed by atoms with E-state index in [4.69, 9.17) is 9.84 Å². The molecule has 0 bridgehead atoms. The van der Waals surface area contributed by atoms with Gasteiger partial charge in [-0.25, -0.2) is 4.79 Å². The minimum absolute atomic E-state index is 0.0121. The third kappa shape index (κ3) is 2.92. The molecular formula is C19H17NO4S. The monoisotopic (exact) mass is 355 g/mol. The molecule has 1 saturated heterocycles. The maximum absolute atomic E-state index is 12.3. The minimum Gasteiger partial charge on any atom is -0.480 e. The molecular weight excluding hydrogens is 338 g/mol. The average Bonchev–Trinajstić information content (AvgIpc) is 3.24. The molecule has 1 heterocycles. The van der Waals surface area contributed by atoms with Crippen LogP contribution in [0.1, 0.15) is 17.0 Å². The molecule has 2 aromatic rings. The molecule has 2 N–H and O–H groups in total. The first kappa shape index (κ1) is 16.2. The number of esters is 1. The second-order valence-corrected chi connectivity index (χ2v) is 7.27. The Bertz CT molecular complexity index is 792.